The van der Waals surface area contributed by atoms with E-state index in [0.717, 1.165) is 4.70 Å². The molecule has 2 aromatic rings. The average molecular weight is 349 g/mol. The summed E-state index contributed by atoms with van der Waals surface area (Å²) in [6, 6.07) is 6.13. The van der Waals surface area contributed by atoms with Gasteiger partial charge in [0.05, 0.1) is 16.3 Å². The maximum atomic E-state index is 12.5. The summed E-state index contributed by atoms with van der Waals surface area (Å²) in [4.78, 5) is 38.5. The van der Waals surface area contributed by atoms with Gasteiger partial charge in [0.1, 0.15) is 0 Å². The third-order valence-electron chi connectivity index (χ3n) is 3.76. The van der Waals surface area contributed by atoms with Crippen molar-refractivity contribution in [3.63, 3.8) is 0 Å². The van der Waals surface area contributed by atoms with E-state index in [-0.39, 0.29) is 24.0 Å². The zero-order valence-electron chi connectivity index (χ0n) is 13.8. The zero-order valence-corrected chi connectivity index (χ0v) is 14.6. The average Bonchev–Trinajstić information content (AvgIpc) is 2.97. The number of carbonyl (C=O) groups excluding carboxylic acids is 2. The van der Waals surface area contributed by atoms with Crippen LogP contribution in [0.3, 0.4) is 0 Å². The quantitative estimate of drug-likeness (QED) is 0.593. The predicted octanol–water partition coefficient (Wildman–Crippen LogP) is 2.75. The van der Waals surface area contributed by atoms with E-state index in [2.05, 4.69) is 0 Å². The minimum Gasteiger partial charge on any atom is -0.342 e. The number of benzene rings is 1. The molecule has 0 unspecified atom stereocenters. The van der Waals surface area contributed by atoms with Gasteiger partial charge in [0.2, 0.25) is 5.91 Å². The van der Waals surface area contributed by atoms with E-state index >= 15 is 0 Å². The molecule has 2 amide bonds. The molecule has 0 fully saturated rings. The highest BCUT2D eigenvalue weighted by Crippen LogP contribution is 2.29. The van der Waals surface area contributed by atoms with Gasteiger partial charge in [0.15, 0.2) is 0 Å². The molecule has 8 heteroatoms. The minimum absolute atomic E-state index is 0.00884. The Hall–Kier alpha value is -2.48. The molecule has 2 rings (SSSR count). The number of thiophene rings is 1. The molecule has 0 saturated heterocycles. The lowest BCUT2D eigenvalue weighted by molar-refractivity contribution is -0.384. The molecule has 0 bridgehead atoms. The van der Waals surface area contributed by atoms with Gasteiger partial charge in [0, 0.05) is 42.4 Å². The summed E-state index contributed by atoms with van der Waals surface area (Å²) < 4.78 is 0.799. The molecule has 1 aromatic carbocycles. The van der Waals surface area contributed by atoms with Gasteiger partial charge in [-0.3, -0.25) is 19.7 Å². The second-order valence-corrected chi connectivity index (χ2v) is 6.40. The Morgan fingerprint density at radius 2 is 1.88 bits per heavy atom. The molecular weight excluding hydrogens is 330 g/mol. The number of nitro groups is 1. The Labute approximate surface area is 143 Å². The first-order valence-electron chi connectivity index (χ1n) is 7.58. The van der Waals surface area contributed by atoms with Crippen LogP contribution in [-0.4, -0.2) is 53.2 Å². The Bertz CT molecular complexity index is 783. The van der Waals surface area contributed by atoms with E-state index in [0.29, 0.717) is 23.4 Å². The van der Waals surface area contributed by atoms with Crippen molar-refractivity contribution in [3.8, 4) is 0 Å². The summed E-state index contributed by atoms with van der Waals surface area (Å²) in [5.41, 5.74) is -0.00985. The van der Waals surface area contributed by atoms with Gasteiger partial charge in [0.25, 0.3) is 11.6 Å². The Morgan fingerprint density at radius 3 is 2.46 bits per heavy atom. The van der Waals surface area contributed by atoms with E-state index in [4.69, 9.17) is 0 Å². The van der Waals surface area contributed by atoms with Crippen molar-refractivity contribution < 1.29 is 14.5 Å². The van der Waals surface area contributed by atoms with Crippen LogP contribution in [0.2, 0.25) is 0 Å². The topological polar surface area (TPSA) is 83.8 Å². The van der Waals surface area contributed by atoms with Crippen molar-refractivity contribution >= 4 is 38.9 Å². The summed E-state index contributed by atoms with van der Waals surface area (Å²) in [5.74, 6) is -0.369. The number of nitro benzene ring substituents is 1. The lowest BCUT2D eigenvalue weighted by atomic mass is 10.2. The SMILES string of the molecule is CCN(CC)C(=O)CN(C)C(=O)c1cc2cc([N+](=O)[O-])ccc2s1. The van der Waals surface area contributed by atoms with Crippen molar-refractivity contribution in [3.05, 3.63) is 39.3 Å². The number of nitrogens with zero attached hydrogens (tertiary/aromatic N) is 3. The van der Waals surface area contributed by atoms with Crippen LogP contribution in [-0.2, 0) is 4.79 Å². The number of hydrogen-bond donors (Lipinski definition) is 0. The molecule has 0 radical (unpaired) electrons. The van der Waals surface area contributed by atoms with Crippen LogP contribution < -0.4 is 0 Å². The first-order chi connectivity index (χ1) is 11.4. The second kappa shape index (κ2) is 7.39. The fourth-order valence-electron chi connectivity index (χ4n) is 2.39. The largest absolute Gasteiger partial charge is 0.342 e. The monoisotopic (exact) mass is 349 g/mol. The number of likely N-dealkylation sites (N-methyl/N-ethyl adjacent to an activating group) is 2. The Morgan fingerprint density at radius 1 is 1.21 bits per heavy atom. The first-order valence-corrected chi connectivity index (χ1v) is 8.40. The number of amides is 2. The maximum absolute atomic E-state index is 12.5. The smallest absolute Gasteiger partial charge is 0.270 e. The summed E-state index contributed by atoms with van der Waals surface area (Å²) in [7, 11) is 1.58. The van der Waals surface area contributed by atoms with Crippen molar-refractivity contribution in [1.29, 1.82) is 0 Å². The fourth-order valence-corrected chi connectivity index (χ4v) is 3.43. The van der Waals surface area contributed by atoms with Crippen LogP contribution in [0.4, 0.5) is 5.69 Å². The van der Waals surface area contributed by atoms with Crippen molar-refractivity contribution in [2.45, 2.75) is 13.8 Å². The molecule has 1 aromatic heterocycles. The molecule has 1 heterocycles. The Kier molecular flexibility index (Phi) is 5.50. The number of carbonyl (C=O) groups is 2. The van der Waals surface area contributed by atoms with Gasteiger partial charge < -0.3 is 9.80 Å². The normalized spacial score (nSPS) is 10.6. The predicted molar refractivity (Wildman–Crippen MR) is 93.4 cm³/mol. The van der Waals surface area contributed by atoms with Crippen molar-refractivity contribution in [1.82, 2.24) is 9.80 Å². The molecule has 0 saturated carbocycles. The van der Waals surface area contributed by atoms with Crippen LogP contribution in [0.1, 0.15) is 23.5 Å². The van der Waals surface area contributed by atoms with Crippen LogP contribution in [0.5, 0.6) is 0 Å². The highest BCUT2D eigenvalue weighted by molar-refractivity contribution is 7.20. The lowest BCUT2D eigenvalue weighted by Crippen LogP contribution is -2.40. The molecule has 24 heavy (non-hydrogen) atoms. The minimum atomic E-state index is -0.465. The standard InChI is InChI=1S/C16H19N3O4S/c1-4-18(5-2)15(20)10-17(3)16(21)14-9-11-8-12(19(22)23)6-7-13(11)24-14/h6-9H,4-5,10H2,1-3H3. The number of hydrogen-bond acceptors (Lipinski definition) is 5. The van der Waals surface area contributed by atoms with Crippen LogP contribution in [0.15, 0.2) is 24.3 Å². The number of rotatable bonds is 6. The molecule has 0 aliphatic rings. The summed E-state index contributed by atoms with van der Waals surface area (Å²) in [5, 5.41) is 11.5. The summed E-state index contributed by atoms with van der Waals surface area (Å²) in [6.07, 6.45) is 0. The van der Waals surface area contributed by atoms with Crippen LogP contribution >= 0.6 is 11.3 Å². The van der Waals surface area contributed by atoms with Gasteiger partial charge >= 0.3 is 0 Å². The molecule has 0 atom stereocenters. The molecule has 0 aliphatic heterocycles. The molecule has 0 spiro atoms. The van der Waals surface area contributed by atoms with E-state index < -0.39 is 4.92 Å². The third kappa shape index (κ3) is 3.70. The summed E-state index contributed by atoms with van der Waals surface area (Å²) >= 11 is 1.26. The van der Waals surface area contributed by atoms with Crippen LogP contribution in [0.25, 0.3) is 10.1 Å². The van der Waals surface area contributed by atoms with Gasteiger partial charge in [-0.15, -0.1) is 11.3 Å². The zero-order chi connectivity index (χ0) is 17.9. The first kappa shape index (κ1) is 17.9. The van der Waals surface area contributed by atoms with E-state index in [1.165, 1.54) is 28.4 Å². The molecule has 128 valence electrons. The van der Waals surface area contributed by atoms with E-state index in [9.17, 15) is 19.7 Å². The van der Waals surface area contributed by atoms with Gasteiger partial charge in [-0.2, -0.15) is 0 Å². The third-order valence-corrected chi connectivity index (χ3v) is 4.86. The highest BCUT2D eigenvalue weighted by Gasteiger charge is 2.20. The second-order valence-electron chi connectivity index (χ2n) is 5.32. The fraction of sp³-hybridized carbons (Fsp3) is 0.375. The molecule has 0 aliphatic carbocycles. The van der Waals surface area contributed by atoms with Gasteiger partial charge in [-0.1, -0.05) is 0 Å². The van der Waals surface area contributed by atoms with Gasteiger partial charge in [-0.25, -0.2) is 0 Å². The molecule has 7 nitrogen and oxygen atoms in total. The maximum Gasteiger partial charge on any atom is 0.270 e. The van der Waals surface area contributed by atoms with Crippen molar-refractivity contribution in [2.75, 3.05) is 26.7 Å². The number of fused-ring (bicyclic) bond motifs is 1. The molecule has 0 N–H and O–H groups in total. The van der Waals surface area contributed by atoms with Crippen LogP contribution in [0, 0.1) is 10.1 Å². The Balaban J connectivity index is 2.18. The van der Waals surface area contributed by atoms with Crippen molar-refractivity contribution in [2.24, 2.45) is 0 Å². The number of non-ortho nitro benzene ring substituents is 1. The van der Waals surface area contributed by atoms with E-state index in [1.54, 1.807) is 24.1 Å². The summed E-state index contributed by atoms with van der Waals surface area (Å²) in [6.45, 7) is 4.99. The molecular formula is C16H19N3O4S. The van der Waals surface area contributed by atoms with Gasteiger partial charge in [-0.05, 0) is 26.0 Å². The highest BCUT2D eigenvalue weighted by atomic mass is 32.1. The van der Waals surface area contributed by atoms with E-state index in [1.807, 2.05) is 13.8 Å². The lowest BCUT2D eigenvalue weighted by Gasteiger charge is -2.22.